The summed E-state index contributed by atoms with van der Waals surface area (Å²) in [6.45, 7) is 5.87. The molecule has 2 amide bonds. The van der Waals surface area contributed by atoms with Gasteiger partial charge in [0.05, 0.1) is 11.4 Å². The number of benzene rings is 2. The number of halogens is 1. The Kier molecular flexibility index (Phi) is 7.82. The van der Waals surface area contributed by atoms with Gasteiger partial charge in [-0.05, 0) is 49.1 Å². The van der Waals surface area contributed by atoms with Crippen LogP contribution >= 0.6 is 11.6 Å². The van der Waals surface area contributed by atoms with Crippen molar-refractivity contribution in [1.29, 1.82) is 0 Å². The third kappa shape index (κ3) is 5.75. The van der Waals surface area contributed by atoms with Crippen LogP contribution in [0.5, 0.6) is 0 Å². The average Bonchev–Trinajstić information content (AvgIpc) is 2.77. The molecule has 0 aromatic heterocycles. The monoisotopic (exact) mass is 491 g/mol. The van der Waals surface area contributed by atoms with Crippen LogP contribution in [0.3, 0.4) is 0 Å². The normalized spacial score (nSPS) is 19.7. The molecule has 1 N–H and O–H groups in total. The van der Waals surface area contributed by atoms with E-state index in [4.69, 9.17) is 11.6 Å². The largest absolute Gasteiger partial charge is 0.354 e. The molecular formula is C24H30ClN3O4S. The number of sulfonamides is 1. The maximum atomic E-state index is 13.4. The molecule has 3 rings (SSSR count). The van der Waals surface area contributed by atoms with Crippen LogP contribution in [0.1, 0.15) is 32.8 Å². The summed E-state index contributed by atoms with van der Waals surface area (Å²) in [5.41, 5.74) is -0.582. The fourth-order valence-electron chi connectivity index (χ4n) is 3.80. The zero-order valence-electron chi connectivity index (χ0n) is 19.1. The molecule has 33 heavy (non-hydrogen) atoms. The molecule has 1 aliphatic heterocycles. The smallest absolute Gasteiger partial charge is 0.247 e. The minimum atomic E-state index is -3.95. The number of hydrogen-bond donors (Lipinski definition) is 1. The lowest BCUT2D eigenvalue weighted by molar-refractivity contribution is -0.153. The maximum absolute atomic E-state index is 13.4. The van der Waals surface area contributed by atoms with Gasteiger partial charge in [-0.3, -0.25) is 9.59 Å². The summed E-state index contributed by atoms with van der Waals surface area (Å²) < 4.78 is 27.6. The van der Waals surface area contributed by atoms with E-state index in [-0.39, 0.29) is 30.4 Å². The molecule has 178 valence electrons. The molecule has 0 radical (unpaired) electrons. The van der Waals surface area contributed by atoms with Crippen molar-refractivity contribution in [3.63, 3.8) is 0 Å². The summed E-state index contributed by atoms with van der Waals surface area (Å²) in [5, 5.41) is 3.47. The van der Waals surface area contributed by atoms with Crippen LogP contribution in [0.25, 0.3) is 0 Å². The Balaban J connectivity index is 1.93. The Bertz CT molecular complexity index is 1090. The van der Waals surface area contributed by atoms with Gasteiger partial charge >= 0.3 is 0 Å². The third-order valence-electron chi connectivity index (χ3n) is 5.82. The highest BCUT2D eigenvalue weighted by Gasteiger charge is 2.50. The Morgan fingerprint density at radius 3 is 2.36 bits per heavy atom. The fourth-order valence-corrected chi connectivity index (χ4v) is 5.43. The van der Waals surface area contributed by atoms with Gasteiger partial charge in [0.2, 0.25) is 21.8 Å². The highest BCUT2D eigenvalue weighted by molar-refractivity contribution is 7.89. The van der Waals surface area contributed by atoms with Crippen molar-refractivity contribution in [1.82, 2.24) is 14.5 Å². The molecule has 0 aliphatic carbocycles. The van der Waals surface area contributed by atoms with Crippen molar-refractivity contribution in [3.8, 4) is 0 Å². The van der Waals surface area contributed by atoms with Crippen molar-refractivity contribution in [3.05, 3.63) is 65.2 Å². The number of nitrogens with zero attached hydrogens (tertiary/aromatic N) is 2. The van der Waals surface area contributed by atoms with Gasteiger partial charge in [0.25, 0.3) is 0 Å². The molecule has 1 aliphatic rings. The fraction of sp³-hybridized carbons (Fsp3) is 0.417. The van der Waals surface area contributed by atoms with Crippen LogP contribution in [-0.2, 0) is 26.2 Å². The first kappa shape index (κ1) is 25.2. The minimum absolute atomic E-state index is 0.0894. The minimum Gasteiger partial charge on any atom is -0.354 e. The highest BCUT2D eigenvalue weighted by Crippen LogP contribution is 2.29. The van der Waals surface area contributed by atoms with Crippen LogP contribution < -0.4 is 5.32 Å². The number of amides is 2. The van der Waals surface area contributed by atoms with E-state index in [1.807, 2.05) is 0 Å². The van der Waals surface area contributed by atoms with Crippen molar-refractivity contribution >= 4 is 33.4 Å². The maximum Gasteiger partial charge on any atom is 0.247 e. The summed E-state index contributed by atoms with van der Waals surface area (Å²) in [5.74, 6) is -0.415. The zero-order chi connectivity index (χ0) is 24.2. The molecule has 0 unspecified atom stereocenters. The molecule has 2 aromatic carbocycles. The van der Waals surface area contributed by atoms with Gasteiger partial charge in [0.1, 0.15) is 5.54 Å². The summed E-state index contributed by atoms with van der Waals surface area (Å²) in [7, 11) is -3.95. The van der Waals surface area contributed by atoms with Crippen LogP contribution in [0, 0.1) is 5.92 Å². The Morgan fingerprint density at radius 1 is 1.12 bits per heavy atom. The van der Waals surface area contributed by atoms with E-state index in [0.29, 0.717) is 17.5 Å². The SMILES string of the molecule is CC(C)CCNC(=O)[C@@]1(C)CN(S(=O)(=O)c2ccccc2)CC(=O)N1Cc1ccc(Cl)cc1. The molecule has 7 nitrogen and oxygen atoms in total. The number of hydrogen-bond acceptors (Lipinski definition) is 4. The molecule has 1 saturated heterocycles. The molecule has 2 aromatic rings. The van der Waals surface area contributed by atoms with E-state index < -0.39 is 21.5 Å². The Hall–Kier alpha value is -2.42. The number of carbonyl (C=O) groups is 2. The third-order valence-corrected chi connectivity index (χ3v) is 7.88. The second-order valence-electron chi connectivity index (χ2n) is 8.90. The standard InChI is InChI=1S/C24H30ClN3O4S/c1-18(2)13-14-26-23(30)24(3)17-27(33(31,32)21-7-5-4-6-8-21)16-22(29)28(24)15-19-9-11-20(25)12-10-19/h4-12,18H,13-17H2,1-3H3,(H,26,30)/t24-/m1/s1. The number of rotatable bonds is 8. The lowest BCUT2D eigenvalue weighted by Crippen LogP contribution is -2.69. The summed E-state index contributed by atoms with van der Waals surface area (Å²) in [6, 6.07) is 15.0. The molecule has 9 heteroatoms. The van der Waals surface area contributed by atoms with E-state index in [9.17, 15) is 18.0 Å². The van der Waals surface area contributed by atoms with E-state index in [1.54, 1.807) is 49.4 Å². The van der Waals surface area contributed by atoms with Gasteiger partial charge in [-0.15, -0.1) is 0 Å². The summed E-state index contributed by atoms with van der Waals surface area (Å²) in [4.78, 5) is 28.2. The molecule has 0 bridgehead atoms. The number of piperazine rings is 1. The van der Waals surface area contributed by atoms with E-state index in [1.165, 1.54) is 17.0 Å². The quantitative estimate of drug-likeness (QED) is 0.613. The summed E-state index contributed by atoms with van der Waals surface area (Å²) >= 11 is 5.98. The first-order chi connectivity index (χ1) is 15.5. The van der Waals surface area contributed by atoms with Crippen molar-refractivity contribution < 1.29 is 18.0 Å². The van der Waals surface area contributed by atoms with Gasteiger partial charge in [-0.1, -0.05) is 55.8 Å². The summed E-state index contributed by atoms with van der Waals surface area (Å²) in [6.07, 6.45) is 0.777. The van der Waals surface area contributed by atoms with Gasteiger partial charge in [-0.2, -0.15) is 4.31 Å². The van der Waals surface area contributed by atoms with Gasteiger partial charge in [-0.25, -0.2) is 8.42 Å². The van der Waals surface area contributed by atoms with Crippen LogP contribution in [0.4, 0.5) is 0 Å². The Morgan fingerprint density at radius 2 is 1.76 bits per heavy atom. The van der Waals surface area contributed by atoms with Crippen LogP contribution in [0.2, 0.25) is 5.02 Å². The second kappa shape index (κ2) is 10.2. The zero-order valence-corrected chi connectivity index (χ0v) is 20.7. The first-order valence-electron chi connectivity index (χ1n) is 10.9. The molecule has 1 fully saturated rings. The van der Waals surface area contributed by atoms with Crippen LogP contribution in [-0.4, -0.2) is 54.6 Å². The lowest BCUT2D eigenvalue weighted by atomic mass is 9.94. The average molecular weight is 492 g/mol. The number of nitrogens with one attached hydrogen (secondary N) is 1. The lowest BCUT2D eigenvalue weighted by Gasteiger charge is -2.46. The van der Waals surface area contributed by atoms with E-state index in [2.05, 4.69) is 19.2 Å². The predicted octanol–water partition coefficient (Wildman–Crippen LogP) is 3.29. The van der Waals surface area contributed by atoms with Crippen molar-refractivity contribution in [2.45, 2.75) is 44.2 Å². The molecular weight excluding hydrogens is 462 g/mol. The van der Waals surface area contributed by atoms with Gasteiger partial charge in [0.15, 0.2) is 0 Å². The van der Waals surface area contributed by atoms with E-state index in [0.717, 1.165) is 16.3 Å². The second-order valence-corrected chi connectivity index (χ2v) is 11.3. The van der Waals surface area contributed by atoms with Crippen LogP contribution in [0.15, 0.2) is 59.5 Å². The first-order valence-corrected chi connectivity index (χ1v) is 12.7. The van der Waals surface area contributed by atoms with Crippen molar-refractivity contribution in [2.24, 2.45) is 5.92 Å². The molecule has 1 atom stereocenters. The molecule has 1 heterocycles. The van der Waals surface area contributed by atoms with Crippen molar-refractivity contribution in [2.75, 3.05) is 19.6 Å². The highest BCUT2D eigenvalue weighted by atomic mass is 35.5. The topological polar surface area (TPSA) is 86.8 Å². The van der Waals surface area contributed by atoms with Gasteiger partial charge in [0, 0.05) is 24.7 Å². The number of carbonyl (C=O) groups excluding carboxylic acids is 2. The molecule has 0 spiro atoms. The van der Waals surface area contributed by atoms with E-state index >= 15 is 0 Å². The molecule has 0 saturated carbocycles. The van der Waals surface area contributed by atoms with Gasteiger partial charge < -0.3 is 10.2 Å². The predicted molar refractivity (Wildman–Crippen MR) is 128 cm³/mol. The Labute approximate surface area is 200 Å².